The van der Waals surface area contributed by atoms with Crippen LogP contribution in [0.3, 0.4) is 0 Å². The summed E-state index contributed by atoms with van der Waals surface area (Å²) in [5.41, 5.74) is 1.30. The number of benzene rings is 1. The zero-order valence-corrected chi connectivity index (χ0v) is 10.8. The molecular weight excluding hydrogens is 234 g/mol. The second-order valence-electron chi connectivity index (χ2n) is 4.65. The number of aromatic amines is 1. The Morgan fingerprint density at radius 1 is 1.22 bits per heavy atom. The van der Waals surface area contributed by atoms with Gasteiger partial charge in [-0.25, -0.2) is 8.78 Å². The highest BCUT2D eigenvalue weighted by atomic mass is 19.2. The summed E-state index contributed by atoms with van der Waals surface area (Å²) in [7, 11) is 2.07. The summed E-state index contributed by atoms with van der Waals surface area (Å²) in [6.45, 7) is 4.10. The summed E-state index contributed by atoms with van der Waals surface area (Å²) in [6.07, 6.45) is 3.72. The van der Waals surface area contributed by atoms with Gasteiger partial charge in [-0.2, -0.15) is 0 Å². The molecule has 0 saturated carbocycles. The molecular formula is C14H18F2N2. The zero-order valence-electron chi connectivity index (χ0n) is 10.8. The minimum absolute atomic E-state index is 0.267. The van der Waals surface area contributed by atoms with Gasteiger partial charge in [0.2, 0.25) is 0 Å². The molecule has 0 atom stereocenters. The van der Waals surface area contributed by atoms with Gasteiger partial charge in [0.05, 0.1) is 5.52 Å². The van der Waals surface area contributed by atoms with E-state index in [9.17, 15) is 8.78 Å². The SMILES string of the molecule is CCCN(C)CCc1c[nH]c2c(F)c(F)ccc12. The maximum Gasteiger partial charge on any atom is 0.182 e. The fourth-order valence-corrected chi connectivity index (χ4v) is 2.21. The Morgan fingerprint density at radius 3 is 2.72 bits per heavy atom. The van der Waals surface area contributed by atoms with Crippen LogP contribution < -0.4 is 0 Å². The summed E-state index contributed by atoms with van der Waals surface area (Å²) < 4.78 is 26.6. The molecule has 0 fully saturated rings. The number of rotatable bonds is 5. The van der Waals surface area contributed by atoms with Crippen LogP contribution in [-0.4, -0.2) is 30.0 Å². The molecule has 2 nitrogen and oxygen atoms in total. The maximum atomic E-state index is 13.5. The maximum absolute atomic E-state index is 13.5. The van der Waals surface area contributed by atoms with Crippen LogP contribution >= 0.6 is 0 Å². The van der Waals surface area contributed by atoms with Crippen LogP contribution in [0.15, 0.2) is 18.3 Å². The molecule has 0 bridgehead atoms. The minimum Gasteiger partial charge on any atom is -0.358 e. The number of H-pyrrole nitrogens is 1. The number of nitrogens with zero attached hydrogens (tertiary/aromatic N) is 1. The van der Waals surface area contributed by atoms with Crippen LogP contribution in [-0.2, 0) is 6.42 Å². The van der Waals surface area contributed by atoms with Crippen LogP contribution in [0.5, 0.6) is 0 Å². The van der Waals surface area contributed by atoms with Gasteiger partial charge in [0.15, 0.2) is 11.6 Å². The quantitative estimate of drug-likeness (QED) is 0.864. The van der Waals surface area contributed by atoms with Crippen molar-refractivity contribution in [1.82, 2.24) is 9.88 Å². The van der Waals surface area contributed by atoms with Crippen molar-refractivity contribution < 1.29 is 8.78 Å². The largest absolute Gasteiger partial charge is 0.358 e. The van der Waals surface area contributed by atoms with Gasteiger partial charge in [0, 0.05) is 18.1 Å². The molecule has 1 N–H and O–H groups in total. The number of aromatic nitrogens is 1. The van der Waals surface area contributed by atoms with Crippen LogP contribution in [0.4, 0.5) is 8.78 Å². The second-order valence-corrected chi connectivity index (χ2v) is 4.65. The van der Waals surface area contributed by atoms with Gasteiger partial charge >= 0.3 is 0 Å². The Morgan fingerprint density at radius 2 is 2.00 bits per heavy atom. The first kappa shape index (κ1) is 13.0. The number of halogens is 2. The first-order valence-corrected chi connectivity index (χ1v) is 6.26. The van der Waals surface area contributed by atoms with Crippen molar-refractivity contribution >= 4 is 10.9 Å². The first-order chi connectivity index (χ1) is 8.63. The third kappa shape index (κ3) is 2.53. The molecule has 0 saturated heterocycles. The minimum atomic E-state index is -0.806. The lowest BCUT2D eigenvalue weighted by Gasteiger charge is -2.14. The lowest BCUT2D eigenvalue weighted by molar-refractivity contribution is 0.339. The highest BCUT2D eigenvalue weighted by molar-refractivity contribution is 5.83. The molecule has 0 aliphatic carbocycles. The fraction of sp³-hybridized carbons (Fsp3) is 0.429. The summed E-state index contributed by atoms with van der Waals surface area (Å²) in [4.78, 5) is 5.05. The zero-order chi connectivity index (χ0) is 13.1. The van der Waals surface area contributed by atoms with Gasteiger partial charge in [0.1, 0.15) is 0 Å². The molecule has 0 radical (unpaired) electrons. The van der Waals surface area contributed by atoms with Gasteiger partial charge < -0.3 is 9.88 Å². The average molecular weight is 252 g/mol. The number of nitrogens with one attached hydrogen (secondary N) is 1. The van der Waals surface area contributed by atoms with E-state index >= 15 is 0 Å². The van der Waals surface area contributed by atoms with Crippen LogP contribution in [0.2, 0.25) is 0 Å². The van der Waals surface area contributed by atoms with Crippen molar-refractivity contribution in [3.05, 3.63) is 35.5 Å². The number of likely N-dealkylation sites (N-methyl/N-ethyl adjacent to an activating group) is 1. The van der Waals surface area contributed by atoms with E-state index in [0.29, 0.717) is 0 Å². The Hall–Kier alpha value is -1.42. The van der Waals surface area contributed by atoms with Gasteiger partial charge in [-0.3, -0.25) is 0 Å². The summed E-state index contributed by atoms with van der Waals surface area (Å²) >= 11 is 0. The smallest absolute Gasteiger partial charge is 0.182 e. The Kier molecular flexibility index (Phi) is 3.97. The Bertz CT molecular complexity index is 534. The van der Waals surface area contributed by atoms with Crippen molar-refractivity contribution in [3.8, 4) is 0 Å². The molecule has 0 amide bonds. The molecule has 1 aromatic carbocycles. The lowest BCUT2D eigenvalue weighted by Crippen LogP contribution is -2.21. The van der Waals surface area contributed by atoms with Crippen LogP contribution in [0.1, 0.15) is 18.9 Å². The molecule has 98 valence electrons. The van der Waals surface area contributed by atoms with Crippen molar-refractivity contribution in [2.45, 2.75) is 19.8 Å². The number of fused-ring (bicyclic) bond motifs is 1. The molecule has 0 unspecified atom stereocenters. The molecule has 0 aliphatic heterocycles. The molecule has 0 aliphatic rings. The average Bonchev–Trinajstić information content (AvgIpc) is 2.75. The third-order valence-electron chi connectivity index (χ3n) is 3.20. The van der Waals surface area contributed by atoms with Crippen LogP contribution in [0.25, 0.3) is 10.9 Å². The van der Waals surface area contributed by atoms with E-state index in [1.54, 1.807) is 12.3 Å². The monoisotopic (exact) mass is 252 g/mol. The highest BCUT2D eigenvalue weighted by Crippen LogP contribution is 2.23. The Balaban J connectivity index is 2.17. The summed E-state index contributed by atoms with van der Waals surface area (Å²) in [6, 6.07) is 2.82. The number of hydrogen-bond donors (Lipinski definition) is 1. The molecule has 2 rings (SSSR count). The topological polar surface area (TPSA) is 19.0 Å². The molecule has 1 heterocycles. The van der Waals surface area contributed by atoms with Crippen molar-refractivity contribution in [2.75, 3.05) is 20.1 Å². The fourth-order valence-electron chi connectivity index (χ4n) is 2.21. The van der Waals surface area contributed by atoms with Gasteiger partial charge in [-0.1, -0.05) is 6.92 Å². The lowest BCUT2D eigenvalue weighted by atomic mass is 10.1. The molecule has 4 heteroatoms. The second kappa shape index (κ2) is 5.48. The van der Waals surface area contributed by atoms with E-state index in [0.717, 1.165) is 36.9 Å². The van der Waals surface area contributed by atoms with E-state index in [1.165, 1.54) is 6.07 Å². The van der Waals surface area contributed by atoms with E-state index in [-0.39, 0.29) is 5.52 Å². The summed E-state index contributed by atoms with van der Waals surface area (Å²) in [5.74, 6) is -1.60. The van der Waals surface area contributed by atoms with E-state index < -0.39 is 11.6 Å². The predicted octanol–water partition coefficient (Wildman–Crippen LogP) is 3.33. The molecule has 18 heavy (non-hydrogen) atoms. The predicted molar refractivity (Wildman–Crippen MR) is 69.7 cm³/mol. The van der Waals surface area contributed by atoms with E-state index in [2.05, 4.69) is 23.9 Å². The van der Waals surface area contributed by atoms with E-state index in [4.69, 9.17) is 0 Å². The normalized spacial score (nSPS) is 11.6. The van der Waals surface area contributed by atoms with Gasteiger partial charge in [-0.15, -0.1) is 0 Å². The number of hydrogen-bond acceptors (Lipinski definition) is 1. The van der Waals surface area contributed by atoms with Crippen molar-refractivity contribution in [1.29, 1.82) is 0 Å². The molecule has 1 aromatic heterocycles. The van der Waals surface area contributed by atoms with Crippen molar-refractivity contribution in [2.24, 2.45) is 0 Å². The standard InChI is InChI=1S/C14H18F2N2/c1-3-7-18(2)8-6-10-9-17-14-11(10)4-5-12(15)13(14)16/h4-5,9,17H,3,6-8H2,1-2H3. The molecule has 0 spiro atoms. The van der Waals surface area contributed by atoms with Crippen LogP contribution in [0, 0.1) is 11.6 Å². The first-order valence-electron chi connectivity index (χ1n) is 6.26. The van der Waals surface area contributed by atoms with Crippen molar-refractivity contribution in [3.63, 3.8) is 0 Å². The Labute approximate surface area is 106 Å². The van der Waals surface area contributed by atoms with Gasteiger partial charge in [-0.05, 0) is 44.1 Å². The highest BCUT2D eigenvalue weighted by Gasteiger charge is 2.11. The third-order valence-corrected chi connectivity index (χ3v) is 3.20. The molecule has 2 aromatic rings. The summed E-state index contributed by atoms with van der Waals surface area (Å²) in [5, 5.41) is 0.777. The van der Waals surface area contributed by atoms with Gasteiger partial charge in [0.25, 0.3) is 0 Å². The van der Waals surface area contributed by atoms with E-state index in [1.807, 2.05) is 0 Å².